The largest absolute Gasteiger partial charge is 0.495 e. The summed E-state index contributed by atoms with van der Waals surface area (Å²) in [5, 5.41) is 3.26. The quantitative estimate of drug-likeness (QED) is 0.686. The summed E-state index contributed by atoms with van der Waals surface area (Å²) >= 11 is 0. The van der Waals surface area contributed by atoms with Gasteiger partial charge in [0.2, 0.25) is 10.0 Å². The molecule has 1 atom stereocenters. The summed E-state index contributed by atoms with van der Waals surface area (Å²) in [4.78, 5) is 0.195. The Hall–Kier alpha value is -1.11. The highest BCUT2D eigenvalue weighted by molar-refractivity contribution is 7.89. The minimum Gasteiger partial charge on any atom is -0.495 e. The van der Waals surface area contributed by atoms with Crippen LogP contribution in [-0.2, 0) is 16.6 Å². The second-order valence-electron chi connectivity index (χ2n) is 5.09. The fourth-order valence-corrected chi connectivity index (χ4v) is 3.41. The highest BCUT2D eigenvalue weighted by Gasteiger charge is 2.21. The highest BCUT2D eigenvalue weighted by atomic mass is 32.2. The molecule has 1 aromatic rings. The molecule has 2 N–H and O–H groups in total. The van der Waals surface area contributed by atoms with Gasteiger partial charge in [-0.15, -0.1) is 0 Å². The van der Waals surface area contributed by atoms with E-state index in [2.05, 4.69) is 17.0 Å². The van der Waals surface area contributed by atoms with E-state index in [0.29, 0.717) is 12.3 Å². The van der Waals surface area contributed by atoms with Crippen molar-refractivity contribution in [3.8, 4) is 5.75 Å². The first-order valence-corrected chi connectivity index (χ1v) is 8.82. The van der Waals surface area contributed by atoms with Crippen LogP contribution >= 0.6 is 0 Å². The van der Waals surface area contributed by atoms with Gasteiger partial charge in [0, 0.05) is 12.6 Å². The molecular formula is C15H26N2O3S. The molecule has 0 heterocycles. The molecule has 5 nitrogen and oxygen atoms in total. The minimum absolute atomic E-state index is 0.110. The zero-order valence-electron chi connectivity index (χ0n) is 13.3. The van der Waals surface area contributed by atoms with Crippen molar-refractivity contribution in [2.45, 2.75) is 51.1 Å². The van der Waals surface area contributed by atoms with E-state index < -0.39 is 10.0 Å². The van der Waals surface area contributed by atoms with E-state index in [1.54, 1.807) is 12.1 Å². The van der Waals surface area contributed by atoms with Gasteiger partial charge < -0.3 is 10.1 Å². The molecule has 120 valence electrons. The molecule has 21 heavy (non-hydrogen) atoms. The molecule has 0 bridgehead atoms. The molecule has 6 heteroatoms. The Morgan fingerprint density at radius 3 is 2.57 bits per heavy atom. The average Bonchev–Trinajstić information content (AvgIpc) is 2.46. The maximum atomic E-state index is 12.5. The van der Waals surface area contributed by atoms with Crippen LogP contribution in [0.25, 0.3) is 0 Å². The number of rotatable bonds is 9. The number of hydrogen-bond acceptors (Lipinski definition) is 4. The van der Waals surface area contributed by atoms with Crippen LogP contribution < -0.4 is 14.8 Å². The van der Waals surface area contributed by atoms with Gasteiger partial charge in [-0.3, -0.25) is 0 Å². The smallest absolute Gasteiger partial charge is 0.244 e. The lowest BCUT2D eigenvalue weighted by Crippen LogP contribution is -2.32. The van der Waals surface area contributed by atoms with Gasteiger partial charge in [-0.25, -0.2) is 13.1 Å². The molecule has 1 rings (SSSR count). The fraction of sp³-hybridized carbons (Fsp3) is 0.600. The van der Waals surface area contributed by atoms with E-state index in [0.717, 1.165) is 24.9 Å². The number of sulfonamides is 1. The monoisotopic (exact) mass is 314 g/mol. The summed E-state index contributed by atoms with van der Waals surface area (Å²) in [5.41, 5.74) is 0.925. The summed E-state index contributed by atoms with van der Waals surface area (Å²) in [6, 6.07) is 5.14. The number of methoxy groups -OCH3 is 1. The van der Waals surface area contributed by atoms with Crippen LogP contribution in [0.5, 0.6) is 5.75 Å². The Kier molecular flexibility index (Phi) is 7.14. The molecule has 0 fully saturated rings. The van der Waals surface area contributed by atoms with Crippen molar-refractivity contribution in [2.75, 3.05) is 13.7 Å². The SMILES string of the molecule is CCCNCc1ccc(OC)c(S(=O)(=O)NC(C)CC)c1. The van der Waals surface area contributed by atoms with E-state index in [1.807, 2.05) is 19.9 Å². The molecule has 0 aliphatic heterocycles. The van der Waals surface area contributed by atoms with Crippen LogP contribution in [0.2, 0.25) is 0 Å². The Labute approximate surface area is 128 Å². The van der Waals surface area contributed by atoms with E-state index in [9.17, 15) is 8.42 Å². The molecule has 0 amide bonds. The lowest BCUT2D eigenvalue weighted by Gasteiger charge is -2.15. The van der Waals surface area contributed by atoms with E-state index in [-0.39, 0.29) is 10.9 Å². The van der Waals surface area contributed by atoms with Crippen molar-refractivity contribution < 1.29 is 13.2 Å². The number of hydrogen-bond donors (Lipinski definition) is 2. The summed E-state index contributed by atoms with van der Waals surface area (Å²) in [6.45, 7) is 7.42. The molecule has 0 spiro atoms. The minimum atomic E-state index is -3.57. The average molecular weight is 314 g/mol. The maximum absolute atomic E-state index is 12.5. The van der Waals surface area contributed by atoms with Crippen molar-refractivity contribution in [3.05, 3.63) is 23.8 Å². The Morgan fingerprint density at radius 1 is 1.29 bits per heavy atom. The molecule has 1 unspecified atom stereocenters. The van der Waals surface area contributed by atoms with Gasteiger partial charge in [0.05, 0.1) is 7.11 Å². The van der Waals surface area contributed by atoms with Crippen LogP contribution in [0.3, 0.4) is 0 Å². The number of nitrogens with one attached hydrogen (secondary N) is 2. The Bertz CT molecular complexity index is 544. The highest BCUT2D eigenvalue weighted by Crippen LogP contribution is 2.25. The molecule has 0 aliphatic carbocycles. The zero-order valence-corrected chi connectivity index (χ0v) is 14.1. The third kappa shape index (κ3) is 5.30. The van der Waals surface area contributed by atoms with Crippen molar-refractivity contribution in [2.24, 2.45) is 0 Å². The van der Waals surface area contributed by atoms with Crippen LogP contribution in [0.4, 0.5) is 0 Å². The Balaban J connectivity index is 3.04. The number of benzene rings is 1. The first-order chi connectivity index (χ1) is 9.94. The van der Waals surface area contributed by atoms with Crippen LogP contribution in [0.1, 0.15) is 39.2 Å². The summed E-state index contributed by atoms with van der Waals surface area (Å²) in [6.07, 6.45) is 1.77. The molecule has 1 aromatic carbocycles. The van der Waals surface area contributed by atoms with Crippen molar-refractivity contribution in [1.82, 2.24) is 10.0 Å². The van der Waals surface area contributed by atoms with Crippen LogP contribution in [-0.4, -0.2) is 28.1 Å². The van der Waals surface area contributed by atoms with Crippen LogP contribution in [0, 0.1) is 0 Å². The van der Waals surface area contributed by atoms with Gasteiger partial charge >= 0.3 is 0 Å². The predicted molar refractivity (Wildman–Crippen MR) is 85.1 cm³/mol. The van der Waals surface area contributed by atoms with Crippen molar-refractivity contribution in [3.63, 3.8) is 0 Å². The molecule has 0 aliphatic rings. The lowest BCUT2D eigenvalue weighted by molar-refractivity contribution is 0.401. The fourth-order valence-electron chi connectivity index (χ4n) is 1.86. The maximum Gasteiger partial charge on any atom is 0.244 e. The van der Waals surface area contributed by atoms with E-state index in [4.69, 9.17) is 4.74 Å². The van der Waals surface area contributed by atoms with Gasteiger partial charge in [0.25, 0.3) is 0 Å². The van der Waals surface area contributed by atoms with E-state index in [1.165, 1.54) is 7.11 Å². The molecular weight excluding hydrogens is 288 g/mol. The lowest BCUT2D eigenvalue weighted by atomic mass is 10.2. The molecule has 0 radical (unpaired) electrons. The van der Waals surface area contributed by atoms with E-state index >= 15 is 0 Å². The van der Waals surface area contributed by atoms with Gasteiger partial charge in [-0.2, -0.15) is 0 Å². The van der Waals surface area contributed by atoms with Gasteiger partial charge in [0.1, 0.15) is 10.6 Å². The summed E-state index contributed by atoms with van der Waals surface area (Å²) in [7, 11) is -2.09. The standard InChI is InChI=1S/C15H26N2O3S/c1-5-9-16-11-13-7-8-14(20-4)15(10-13)21(18,19)17-12(3)6-2/h7-8,10,12,16-17H,5-6,9,11H2,1-4H3. The normalized spacial score (nSPS) is 13.1. The van der Waals surface area contributed by atoms with Crippen LogP contribution in [0.15, 0.2) is 23.1 Å². The van der Waals surface area contributed by atoms with Crippen molar-refractivity contribution >= 4 is 10.0 Å². The molecule has 0 saturated heterocycles. The van der Waals surface area contributed by atoms with Gasteiger partial charge in [0.15, 0.2) is 0 Å². The second-order valence-corrected chi connectivity index (χ2v) is 6.77. The predicted octanol–water partition coefficient (Wildman–Crippen LogP) is 2.27. The third-order valence-corrected chi connectivity index (χ3v) is 4.85. The first kappa shape index (κ1) is 17.9. The molecule has 0 saturated carbocycles. The zero-order chi connectivity index (χ0) is 15.9. The third-order valence-electron chi connectivity index (χ3n) is 3.24. The number of ether oxygens (including phenoxy) is 1. The topological polar surface area (TPSA) is 67.4 Å². The second kappa shape index (κ2) is 8.36. The van der Waals surface area contributed by atoms with Crippen molar-refractivity contribution in [1.29, 1.82) is 0 Å². The Morgan fingerprint density at radius 2 is 2.00 bits per heavy atom. The van der Waals surface area contributed by atoms with Gasteiger partial charge in [-0.05, 0) is 44.0 Å². The molecule has 0 aromatic heterocycles. The summed E-state index contributed by atoms with van der Waals surface area (Å²) in [5.74, 6) is 0.366. The van der Waals surface area contributed by atoms with Gasteiger partial charge in [-0.1, -0.05) is 19.9 Å². The first-order valence-electron chi connectivity index (χ1n) is 7.34. The summed E-state index contributed by atoms with van der Waals surface area (Å²) < 4.78 is 32.8.